The van der Waals surface area contributed by atoms with Gasteiger partial charge in [-0.2, -0.15) is 0 Å². The van der Waals surface area contributed by atoms with Gasteiger partial charge in [0.15, 0.2) is 0 Å². The number of aryl methyl sites for hydroxylation is 1. The molecule has 1 aromatic rings. The summed E-state index contributed by atoms with van der Waals surface area (Å²) in [5.74, 6) is 0. The molecule has 0 saturated carbocycles. The third kappa shape index (κ3) is 4.79. The minimum absolute atomic E-state index is 1.18. The summed E-state index contributed by atoms with van der Waals surface area (Å²) in [5, 5.41) is 0. The van der Waals surface area contributed by atoms with Crippen LogP contribution in [0.5, 0.6) is 0 Å². The Kier molecular flexibility index (Phi) is 7.36. The summed E-state index contributed by atoms with van der Waals surface area (Å²) in [4.78, 5) is 0. The molecule has 0 unspecified atom stereocenters. The summed E-state index contributed by atoms with van der Waals surface area (Å²) < 4.78 is 0. The first kappa shape index (κ1) is 11.4. The van der Waals surface area contributed by atoms with Crippen molar-refractivity contribution in [1.82, 2.24) is 0 Å². The van der Waals surface area contributed by atoms with Crippen molar-refractivity contribution in [2.75, 3.05) is 0 Å². The monoisotopic (exact) mass is 372 g/mol. The molecule has 60 valence electrons. The van der Waals surface area contributed by atoms with Crippen LogP contribution in [0.15, 0.2) is 30.8 Å². The summed E-state index contributed by atoms with van der Waals surface area (Å²) in [6.45, 7) is 5.74. The predicted octanol–water partition coefficient (Wildman–Crippen LogP) is 4.41. The van der Waals surface area contributed by atoms with E-state index in [1.54, 1.807) is 0 Å². The van der Waals surface area contributed by atoms with Crippen LogP contribution in [0.25, 0.3) is 6.08 Å². The van der Waals surface area contributed by atoms with Crippen molar-refractivity contribution in [2.45, 2.75) is 6.92 Å². The van der Waals surface area contributed by atoms with Crippen LogP contribution in [0.3, 0.4) is 0 Å². The van der Waals surface area contributed by atoms with Gasteiger partial charge in [0.1, 0.15) is 0 Å². The van der Waals surface area contributed by atoms with Crippen molar-refractivity contribution < 1.29 is 0 Å². The summed E-state index contributed by atoms with van der Waals surface area (Å²) in [5.41, 5.74) is 2.47. The third-order valence-electron chi connectivity index (χ3n) is 1.31. The van der Waals surface area contributed by atoms with Gasteiger partial charge in [-0.15, -0.1) is 0 Å². The lowest BCUT2D eigenvalue weighted by Gasteiger charge is -1.91. The zero-order valence-electron chi connectivity index (χ0n) is 6.35. The summed E-state index contributed by atoms with van der Waals surface area (Å²) >= 11 is 4.24. The molecule has 0 N–H and O–H groups in total. The topological polar surface area (TPSA) is 0 Å². The first-order valence-electron chi connectivity index (χ1n) is 3.16. The molecular weight excluding hydrogens is 362 g/mol. The van der Waals surface area contributed by atoms with Gasteiger partial charge in [0.25, 0.3) is 0 Å². The second-order valence-corrected chi connectivity index (χ2v) is 2.11. The van der Waals surface area contributed by atoms with Crippen molar-refractivity contribution >= 4 is 43.3 Å². The quantitative estimate of drug-likeness (QED) is 0.641. The number of halogens is 2. The zero-order chi connectivity index (χ0) is 8.69. The number of benzene rings is 1. The maximum atomic E-state index is 3.66. The number of rotatable bonds is 1. The Hall–Kier alpha value is 0.420. The van der Waals surface area contributed by atoms with E-state index in [0.29, 0.717) is 0 Å². The molecule has 0 aliphatic rings. The average Bonchev–Trinajstić information content (AvgIpc) is 2.10. The van der Waals surface area contributed by atoms with Crippen LogP contribution in [0.4, 0.5) is 0 Å². The first-order valence-corrected chi connectivity index (χ1v) is 9.45. The molecule has 0 saturated heterocycles. The molecule has 0 spiro atoms. The summed E-state index contributed by atoms with van der Waals surface area (Å²) in [7, 11) is 0. The van der Waals surface area contributed by atoms with Crippen LogP contribution in [-0.4, -0.2) is 0 Å². The second-order valence-electron chi connectivity index (χ2n) is 2.11. The fraction of sp³-hybridized carbons (Fsp3) is 0.111. The fourth-order valence-electron chi connectivity index (χ4n) is 0.703. The van der Waals surface area contributed by atoms with Gasteiger partial charge in [-0.05, 0) is 12.5 Å². The van der Waals surface area contributed by atoms with E-state index in [-0.39, 0.29) is 0 Å². The first-order chi connectivity index (χ1) is 5.33. The molecule has 0 bridgehead atoms. The molecule has 2 heteroatoms. The van der Waals surface area contributed by atoms with E-state index in [1.165, 1.54) is 11.1 Å². The highest BCUT2D eigenvalue weighted by molar-refractivity contribution is 15.0. The Morgan fingerprint density at radius 1 is 1.18 bits per heavy atom. The largest absolute Gasteiger partial charge is 0.0985 e. The van der Waals surface area contributed by atoms with E-state index in [0.717, 1.165) is 0 Å². The molecule has 0 nitrogen and oxygen atoms in total. The van der Waals surface area contributed by atoms with Crippen LogP contribution >= 0.6 is 37.2 Å². The molecule has 1 aromatic carbocycles. The fourth-order valence-corrected chi connectivity index (χ4v) is 0.703. The minimum atomic E-state index is 1.18. The molecule has 0 fully saturated rings. The molecule has 0 amide bonds. The third-order valence-corrected chi connectivity index (χ3v) is 1.31. The molecule has 1 rings (SSSR count). The average molecular weight is 372 g/mol. The second kappa shape index (κ2) is 7.09. The molecule has 0 radical (unpaired) electrons. The maximum Gasteiger partial charge on any atom is 0 e. The van der Waals surface area contributed by atoms with Crippen molar-refractivity contribution in [3.8, 4) is 0 Å². The molecule has 0 aliphatic heterocycles. The molecule has 11 heavy (non-hydrogen) atoms. The molecular formula is C9H10I2. The summed E-state index contributed by atoms with van der Waals surface area (Å²) in [6.07, 6.45) is 1.85. The maximum absolute atomic E-state index is 3.66. The lowest BCUT2D eigenvalue weighted by Crippen LogP contribution is -1.71. The van der Waals surface area contributed by atoms with Gasteiger partial charge in [-0.25, -0.2) is 0 Å². The normalized spacial score (nSPS) is 7.91. The van der Waals surface area contributed by atoms with Gasteiger partial charge in [-0.1, -0.05) is 42.5 Å². The Labute approximate surface area is 91.4 Å². The molecule has 0 heterocycles. The van der Waals surface area contributed by atoms with Crippen molar-refractivity contribution in [1.29, 1.82) is 0 Å². The molecule has 0 atom stereocenters. The zero-order valence-corrected chi connectivity index (χ0v) is 10.7. The molecule has 0 aromatic heterocycles. The Morgan fingerprint density at radius 2 is 1.64 bits per heavy atom. The van der Waals surface area contributed by atoms with Crippen LogP contribution in [0.2, 0.25) is 0 Å². The van der Waals surface area contributed by atoms with E-state index < -0.39 is 0 Å². The Balaban J connectivity index is 0.000000461. The lowest BCUT2D eigenvalue weighted by molar-refractivity contribution is 1.46. The number of hydrogen-bond acceptors (Lipinski definition) is 0. The van der Waals surface area contributed by atoms with Crippen LogP contribution in [0, 0.1) is 6.92 Å². The van der Waals surface area contributed by atoms with E-state index in [9.17, 15) is 0 Å². The van der Waals surface area contributed by atoms with Crippen molar-refractivity contribution in [3.05, 3.63) is 42.0 Å². The lowest BCUT2D eigenvalue weighted by atomic mass is 10.2. The van der Waals surface area contributed by atoms with Crippen LogP contribution in [-0.2, 0) is 0 Å². The van der Waals surface area contributed by atoms with E-state index >= 15 is 0 Å². The van der Waals surface area contributed by atoms with E-state index in [2.05, 4.69) is 75.0 Å². The SMILES string of the molecule is C=Cc1ccc(C)cc1.II. The number of hydrogen-bond donors (Lipinski definition) is 0. The smallest absolute Gasteiger partial charge is 0 e. The van der Waals surface area contributed by atoms with Crippen LogP contribution in [0.1, 0.15) is 11.1 Å². The van der Waals surface area contributed by atoms with Gasteiger partial charge in [0.05, 0.1) is 0 Å². The van der Waals surface area contributed by atoms with E-state index in [1.807, 2.05) is 6.08 Å². The highest BCUT2D eigenvalue weighted by Gasteiger charge is 1.82. The Morgan fingerprint density at radius 3 is 2.00 bits per heavy atom. The van der Waals surface area contributed by atoms with Crippen molar-refractivity contribution in [3.63, 3.8) is 0 Å². The predicted molar refractivity (Wildman–Crippen MR) is 69.3 cm³/mol. The van der Waals surface area contributed by atoms with Crippen molar-refractivity contribution in [2.24, 2.45) is 0 Å². The summed E-state index contributed by atoms with van der Waals surface area (Å²) in [6, 6.07) is 8.28. The van der Waals surface area contributed by atoms with Gasteiger partial charge < -0.3 is 0 Å². The molecule has 0 aliphatic carbocycles. The van der Waals surface area contributed by atoms with Crippen LogP contribution < -0.4 is 0 Å². The van der Waals surface area contributed by atoms with Gasteiger partial charge >= 0.3 is 0 Å². The highest BCUT2D eigenvalue weighted by atomic mass is 128. The minimum Gasteiger partial charge on any atom is -0.0985 e. The van der Waals surface area contributed by atoms with Gasteiger partial charge in [-0.3, -0.25) is 0 Å². The van der Waals surface area contributed by atoms with E-state index in [4.69, 9.17) is 0 Å². The Bertz CT molecular complexity index is 201. The van der Waals surface area contributed by atoms with Gasteiger partial charge in [0, 0.05) is 37.2 Å². The standard InChI is InChI=1S/C9H10.I2/c1-3-9-6-4-8(2)5-7-9;1-2/h3-7H,1H2,2H3;. The van der Waals surface area contributed by atoms with Gasteiger partial charge in [0.2, 0.25) is 0 Å². The highest BCUT2D eigenvalue weighted by Crippen LogP contribution is 2.02.